The summed E-state index contributed by atoms with van der Waals surface area (Å²) in [5, 5.41) is 21.9. The van der Waals surface area contributed by atoms with E-state index in [0.717, 1.165) is 12.3 Å². The van der Waals surface area contributed by atoms with Gasteiger partial charge in [0.15, 0.2) is 15.5 Å². The molecule has 0 aromatic heterocycles. The van der Waals surface area contributed by atoms with Gasteiger partial charge in [0.25, 0.3) is 5.69 Å². The minimum absolute atomic E-state index is 0.0600. The number of nitrogens with zero attached hydrogens (tertiary/aromatic N) is 2. The van der Waals surface area contributed by atoms with Crippen molar-refractivity contribution in [1.82, 2.24) is 4.48 Å². The predicted octanol–water partition coefficient (Wildman–Crippen LogP) is 2.40. The van der Waals surface area contributed by atoms with Gasteiger partial charge in [-0.25, -0.2) is 8.42 Å². The number of hydrogen-bond acceptors (Lipinski definition) is 5. The van der Waals surface area contributed by atoms with Crippen molar-refractivity contribution in [3.8, 4) is 0 Å². The van der Waals surface area contributed by atoms with Crippen molar-refractivity contribution in [2.75, 3.05) is 43.2 Å². The second kappa shape index (κ2) is 8.70. The number of benzene rings is 1. The fourth-order valence-corrected chi connectivity index (χ4v) is 5.05. The molecule has 0 heterocycles. The van der Waals surface area contributed by atoms with E-state index in [9.17, 15) is 23.6 Å². The smallest absolute Gasteiger partial charge is 0.274 e. The molecule has 7 nitrogen and oxygen atoms in total. The van der Waals surface area contributed by atoms with Crippen LogP contribution in [0, 0.1) is 17.0 Å². The molecule has 0 bridgehead atoms. The molecule has 1 aromatic carbocycles. The van der Waals surface area contributed by atoms with E-state index in [1.165, 1.54) is 0 Å². The van der Waals surface area contributed by atoms with Crippen LogP contribution in [0.15, 0.2) is 17.0 Å². The van der Waals surface area contributed by atoms with Crippen molar-refractivity contribution < 1.29 is 18.4 Å². The molecule has 0 aliphatic carbocycles. The first-order valence-electron chi connectivity index (χ1n) is 7.21. The SMILES string of the molecule is Cc1cc([N+](CCO)(CCBr)CCBr)c(S(C)(=O)=O)cc1[N+](=O)[O-]. The zero-order valence-corrected chi connectivity index (χ0v) is 17.5. The van der Waals surface area contributed by atoms with Crippen LogP contribution in [-0.4, -0.2) is 61.6 Å². The second-order valence-electron chi connectivity index (χ2n) is 5.55. The Morgan fingerprint density at radius 3 is 2.12 bits per heavy atom. The molecule has 0 amide bonds. The minimum Gasteiger partial charge on any atom is -0.390 e. The van der Waals surface area contributed by atoms with Crippen LogP contribution < -0.4 is 4.48 Å². The second-order valence-corrected chi connectivity index (χ2v) is 9.12. The molecule has 10 heteroatoms. The minimum atomic E-state index is -3.68. The summed E-state index contributed by atoms with van der Waals surface area (Å²) in [6, 6.07) is 2.70. The molecular formula is C14H21Br2N2O5S+. The standard InChI is InChI=1S/C14H21Br2N2O5S/c1-11-9-13(18(5-3-15,6-4-16)7-8-19)14(24(2,22)23)10-12(11)17(20)21/h9-10,19H,3-8H2,1-2H3/q+1. The van der Waals surface area contributed by atoms with E-state index in [2.05, 4.69) is 31.9 Å². The largest absolute Gasteiger partial charge is 0.390 e. The normalized spacial score (nSPS) is 12.4. The van der Waals surface area contributed by atoms with Crippen molar-refractivity contribution in [3.05, 3.63) is 27.8 Å². The van der Waals surface area contributed by atoms with Gasteiger partial charge in [0, 0.05) is 24.0 Å². The molecule has 0 spiro atoms. The van der Waals surface area contributed by atoms with Crippen LogP contribution in [0.1, 0.15) is 5.56 Å². The van der Waals surface area contributed by atoms with Gasteiger partial charge in [-0.2, -0.15) is 0 Å². The van der Waals surface area contributed by atoms with Gasteiger partial charge in [-0.05, 0) is 6.92 Å². The maximum atomic E-state index is 12.3. The Hall–Kier alpha value is -0.550. The summed E-state index contributed by atoms with van der Waals surface area (Å²) >= 11 is 6.77. The molecule has 136 valence electrons. The number of sulfone groups is 1. The number of alkyl halides is 2. The predicted molar refractivity (Wildman–Crippen MR) is 102 cm³/mol. The number of nitro groups is 1. The van der Waals surface area contributed by atoms with E-state index in [1.807, 2.05) is 0 Å². The van der Waals surface area contributed by atoms with Crippen molar-refractivity contribution >= 4 is 53.1 Å². The van der Waals surface area contributed by atoms with E-state index >= 15 is 0 Å². The third kappa shape index (κ3) is 4.75. The van der Waals surface area contributed by atoms with Gasteiger partial charge in [0.05, 0.1) is 35.3 Å². The summed E-state index contributed by atoms with van der Waals surface area (Å²) in [6.07, 6.45) is 1.04. The van der Waals surface area contributed by atoms with Crippen molar-refractivity contribution in [2.45, 2.75) is 11.8 Å². The number of aryl methyl sites for hydroxylation is 1. The molecule has 0 aliphatic heterocycles. The number of nitro benzene ring substituents is 1. The lowest BCUT2D eigenvalue weighted by molar-refractivity contribution is -0.385. The number of rotatable bonds is 9. The van der Waals surface area contributed by atoms with Gasteiger partial charge in [0.2, 0.25) is 0 Å². The van der Waals surface area contributed by atoms with Gasteiger partial charge >= 0.3 is 0 Å². The average Bonchev–Trinajstić information content (AvgIpc) is 2.46. The maximum absolute atomic E-state index is 12.3. The average molecular weight is 489 g/mol. The highest BCUT2D eigenvalue weighted by molar-refractivity contribution is 9.09. The van der Waals surface area contributed by atoms with Crippen LogP contribution in [-0.2, 0) is 9.84 Å². The zero-order valence-electron chi connectivity index (χ0n) is 13.5. The Morgan fingerprint density at radius 2 is 1.75 bits per heavy atom. The summed E-state index contributed by atoms with van der Waals surface area (Å²) in [7, 11) is -3.68. The number of aliphatic hydroxyl groups is 1. The molecule has 0 aliphatic rings. The van der Waals surface area contributed by atoms with E-state index in [0.29, 0.717) is 41.5 Å². The lowest BCUT2D eigenvalue weighted by Crippen LogP contribution is -2.54. The molecule has 1 aromatic rings. The Bertz CT molecular complexity index is 692. The molecule has 0 radical (unpaired) electrons. The topological polar surface area (TPSA) is 97.5 Å². The van der Waals surface area contributed by atoms with E-state index in [-0.39, 0.29) is 21.7 Å². The van der Waals surface area contributed by atoms with Crippen LogP contribution in [0.4, 0.5) is 11.4 Å². The first-order chi connectivity index (χ1) is 11.1. The number of halogens is 2. The summed E-state index contributed by atoms with van der Waals surface area (Å²) in [5.41, 5.74) is 0.652. The zero-order chi connectivity index (χ0) is 18.5. The molecule has 0 saturated carbocycles. The summed E-state index contributed by atoms with van der Waals surface area (Å²) in [6.45, 7) is 2.87. The van der Waals surface area contributed by atoms with Crippen LogP contribution in [0.25, 0.3) is 0 Å². The lowest BCUT2D eigenvalue weighted by atomic mass is 10.1. The van der Waals surface area contributed by atoms with E-state index in [4.69, 9.17) is 0 Å². The van der Waals surface area contributed by atoms with Gasteiger partial charge in [-0.3, -0.25) is 14.6 Å². The molecule has 0 atom stereocenters. The highest BCUT2D eigenvalue weighted by atomic mass is 79.9. The Labute approximate surface area is 158 Å². The molecular weight excluding hydrogens is 468 g/mol. The van der Waals surface area contributed by atoms with Gasteiger partial charge in [-0.15, -0.1) is 0 Å². The monoisotopic (exact) mass is 487 g/mol. The van der Waals surface area contributed by atoms with Crippen LogP contribution in [0.2, 0.25) is 0 Å². The molecule has 24 heavy (non-hydrogen) atoms. The number of quaternary nitrogens is 1. The third-order valence-electron chi connectivity index (χ3n) is 3.94. The Kier molecular flexibility index (Phi) is 7.79. The van der Waals surface area contributed by atoms with E-state index < -0.39 is 14.8 Å². The first-order valence-corrected chi connectivity index (χ1v) is 11.3. The Morgan fingerprint density at radius 1 is 1.21 bits per heavy atom. The fraction of sp³-hybridized carbons (Fsp3) is 0.571. The third-order valence-corrected chi connectivity index (χ3v) is 5.77. The summed E-state index contributed by atoms with van der Waals surface area (Å²) in [5.74, 6) is 0. The highest BCUT2D eigenvalue weighted by Gasteiger charge is 2.36. The van der Waals surface area contributed by atoms with Crippen LogP contribution in [0.5, 0.6) is 0 Å². The van der Waals surface area contributed by atoms with Gasteiger partial charge in [-0.1, -0.05) is 31.9 Å². The van der Waals surface area contributed by atoms with E-state index in [1.54, 1.807) is 13.0 Å². The molecule has 1 rings (SSSR count). The lowest BCUT2D eigenvalue weighted by Gasteiger charge is -2.38. The highest BCUT2D eigenvalue weighted by Crippen LogP contribution is 2.36. The first kappa shape index (κ1) is 21.5. The number of aliphatic hydroxyl groups excluding tert-OH is 1. The maximum Gasteiger partial charge on any atom is 0.274 e. The van der Waals surface area contributed by atoms with Crippen LogP contribution in [0.3, 0.4) is 0 Å². The quantitative estimate of drug-likeness (QED) is 0.249. The number of hydrogen-bond donors (Lipinski definition) is 1. The van der Waals surface area contributed by atoms with Gasteiger partial charge < -0.3 is 5.11 Å². The molecule has 0 unspecified atom stereocenters. The molecule has 1 N–H and O–H groups in total. The summed E-state index contributed by atoms with van der Waals surface area (Å²) < 4.78 is 24.8. The molecule has 0 fully saturated rings. The Balaban J connectivity index is 3.80. The summed E-state index contributed by atoms with van der Waals surface area (Å²) in [4.78, 5) is 10.5. The molecule has 0 saturated heterocycles. The van der Waals surface area contributed by atoms with Crippen molar-refractivity contribution in [3.63, 3.8) is 0 Å². The fourth-order valence-electron chi connectivity index (χ4n) is 2.74. The van der Waals surface area contributed by atoms with Crippen LogP contribution >= 0.6 is 31.9 Å². The van der Waals surface area contributed by atoms with Crippen molar-refractivity contribution in [1.29, 1.82) is 0 Å². The van der Waals surface area contributed by atoms with Crippen molar-refractivity contribution in [2.24, 2.45) is 0 Å². The van der Waals surface area contributed by atoms with Gasteiger partial charge in [0.1, 0.15) is 11.4 Å².